The van der Waals surface area contributed by atoms with Crippen LogP contribution in [-0.4, -0.2) is 24.1 Å². The largest absolute Gasteiger partial charge is 0.302 e. The van der Waals surface area contributed by atoms with Crippen LogP contribution in [0.5, 0.6) is 0 Å². The van der Waals surface area contributed by atoms with Gasteiger partial charge < -0.3 is 0 Å². The highest BCUT2D eigenvalue weighted by Gasteiger charge is 2.09. The van der Waals surface area contributed by atoms with Gasteiger partial charge in [-0.05, 0) is 6.07 Å². The molecule has 0 bridgehead atoms. The summed E-state index contributed by atoms with van der Waals surface area (Å²) in [6, 6.07) is 2.48. The molecule has 0 aliphatic carbocycles. The van der Waals surface area contributed by atoms with E-state index in [1.54, 1.807) is 0 Å². The highest BCUT2D eigenvalue weighted by Crippen LogP contribution is 2.09. The molecular weight excluding hydrogens is 227 g/mol. The Kier molecular flexibility index (Phi) is 3.30. The molecule has 0 aromatic carbocycles. The number of halogens is 1. The fourth-order valence-corrected chi connectivity index (χ4v) is 1.35. The summed E-state index contributed by atoms with van der Waals surface area (Å²) in [7, 11) is -4.52. The monoisotopic (exact) mass is 234 g/mol. The maximum atomic E-state index is 12.1. The number of pyridine rings is 1. The zero-order chi connectivity index (χ0) is 11.5. The molecule has 0 fully saturated rings. The van der Waals surface area contributed by atoms with Crippen LogP contribution in [0.4, 0.5) is 9.57 Å². The Morgan fingerprint density at radius 2 is 2.13 bits per heavy atom. The van der Waals surface area contributed by atoms with Crippen molar-refractivity contribution in [1.29, 1.82) is 0 Å². The van der Waals surface area contributed by atoms with Gasteiger partial charge in [0.2, 0.25) is 0 Å². The van der Waals surface area contributed by atoms with Crippen LogP contribution in [0.1, 0.15) is 5.69 Å². The molecule has 8 heteroatoms. The number of aryl methyl sites for hydroxylation is 1. The second-order valence-electron chi connectivity index (χ2n) is 2.76. The first-order chi connectivity index (χ1) is 6.88. The van der Waals surface area contributed by atoms with Crippen molar-refractivity contribution in [2.45, 2.75) is 6.42 Å². The van der Waals surface area contributed by atoms with Crippen molar-refractivity contribution in [1.82, 2.24) is 4.98 Å². The summed E-state index contributed by atoms with van der Waals surface area (Å²) >= 11 is 0. The zero-order valence-electron chi connectivity index (χ0n) is 7.46. The maximum Gasteiger partial charge on any atom is 0.302 e. The molecule has 1 heterocycles. The molecule has 0 atom stereocenters. The highest BCUT2D eigenvalue weighted by atomic mass is 32.3. The van der Waals surface area contributed by atoms with Crippen LogP contribution < -0.4 is 0 Å². The molecule has 0 unspecified atom stereocenters. The van der Waals surface area contributed by atoms with Crippen molar-refractivity contribution >= 4 is 15.9 Å². The van der Waals surface area contributed by atoms with Crippen LogP contribution in [0.3, 0.4) is 0 Å². The number of nitrogens with zero attached hydrogens (tertiary/aromatic N) is 2. The average molecular weight is 234 g/mol. The molecule has 1 aromatic heterocycles. The molecule has 0 saturated carbocycles. The zero-order valence-corrected chi connectivity index (χ0v) is 8.28. The minimum Gasteiger partial charge on any atom is -0.258 e. The van der Waals surface area contributed by atoms with Crippen LogP contribution in [0.2, 0.25) is 0 Å². The van der Waals surface area contributed by atoms with Gasteiger partial charge in [0, 0.05) is 18.2 Å². The fourth-order valence-electron chi connectivity index (χ4n) is 0.899. The molecule has 1 rings (SSSR count). The fraction of sp³-hybridized carbons (Fsp3) is 0.286. The van der Waals surface area contributed by atoms with E-state index in [9.17, 15) is 22.4 Å². The third-order valence-corrected chi connectivity index (χ3v) is 2.31. The average Bonchev–Trinajstić information content (AvgIpc) is 2.14. The van der Waals surface area contributed by atoms with Gasteiger partial charge in [-0.1, -0.05) is 0 Å². The van der Waals surface area contributed by atoms with E-state index in [0.717, 1.165) is 6.20 Å². The Morgan fingerprint density at radius 3 is 2.53 bits per heavy atom. The Morgan fingerprint density at radius 1 is 1.47 bits per heavy atom. The molecule has 15 heavy (non-hydrogen) atoms. The van der Waals surface area contributed by atoms with E-state index >= 15 is 0 Å². The lowest BCUT2D eigenvalue weighted by Gasteiger charge is -1.96. The molecule has 0 amide bonds. The van der Waals surface area contributed by atoms with Gasteiger partial charge in [-0.3, -0.25) is 15.1 Å². The second-order valence-corrected chi connectivity index (χ2v) is 4.24. The van der Waals surface area contributed by atoms with Crippen LogP contribution in [-0.2, 0) is 16.6 Å². The summed E-state index contributed by atoms with van der Waals surface area (Å²) in [6.45, 7) is 0. The first kappa shape index (κ1) is 11.5. The molecule has 0 aliphatic heterocycles. The van der Waals surface area contributed by atoms with E-state index in [1.165, 1.54) is 12.1 Å². The molecule has 0 aliphatic rings. The van der Waals surface area contributed by atoms with Crippen LogP contribution in [0.25, 0.3) is 0 Å². The summed E-state index contributed by atoms with van der Waals surface area (Å²) < 4.78 is 32.5. The van der Waals surface area contributed by atoms with Crippen molar-refractivity contribution in [3.8, 4) is 0 Å². The maximum absolute atomic E-state index is 12.1. The van der Waals surface area contributed by atoms with Crippen molar-refractivity contribution in [2.75, 3.05) is 5.75 Å². The minimum absolute atomic E-state index is 0.100. The predicted molar refractivity (Wildman–Crippen MR) is 49.5 cm³/mol. The molecule has 0 N–H and O–H groups in total. The van der Waals surface area contributed by atoms with E-state index in [0.29, 0.717) is 5.69 Å². The van der Waals surface area contributed by atoms with Crippen LogP contribution >= 0.6 is 0 Å². The Balaban J connectivity index is 2.69. The van der Waals surface area contributed by atoms with Crippen molar-refractivity contribution in [2.24, 2.45) is 0 Å². The molecule has 6 nitrogen and oxygen atoms in total. The number of nitro groups is 1. The van der Waals surface area contributed by atoms with Gasteiger partial charge in [0.1, 0.15) is 6.20 Å². The van der Waals surface area contributed by atoms with E-state index in [4.69, 9.17) is 0 Å². The van der Waals surface area contributed by atoms with E-state index in [-0.39, 0.29) is 12.1 Å². The molecule has 0 saturated heterocycles. The molecule has 0 radical (unpaired) electrons. The van der Waals surface area contributed by atoms with Crippen LogP contribution in [0.15, 0.2) is 18.3 Å². The number of aromatic nitrogens is 1. The first-order valence-corrected chi connectivity index (χ1v) is 5.45. The number of hydrogen-bond acceptors (Lipinski definition) is 5. The van der Waals surface area contributed by atoms with Crippen molar-refractivity contribution < 1.29 is 17.2 Å². The van der Waals surface area contributed by atoms with Gasteiger partial charge >= 0.3 is 10.2 Å². The van der Waals surface area contributed by atoms with Crippen molar-refractivity contribution in [3.63, 3.8) is 0 Å². The predicted octanol–water partition coefficient (Wildman–Crippen LogP) is 0.832. The first-order valence-electron chi connectivity index (χ1n) is 3.90. The molecule has 0 spiro atoms. The minimum atomic E-state index is -4.52. The summed E-state index contributed by atoms with van der Waals surface area (Å²) in [4.78, 5) is 13.2. The van der Waals surface area contributed by atoms with Gasteiger partial charge in [-0.25, -0.2) is 0 Å². The lowest BCUT2D eigenvalue weighted by atomic mass is 10.3. The third-order valence-electron chi connectivity index (χ3n) is 1.62. The SMILES string of the molecule is O=[N+]([O-])c1ccc(CCS(=O)(=O)F)nc1. The quantitative estimate of drug-likeness (QED) is 0.437. The summed E-state index contributed by atoms with van der Waals surface area (Å²) in [5, 5.41) is 10.2. The highest BCUT2D eigenvalue weighted by molar-refractivity contribution is 7.86. The molecule has 82 valence electrons. The number of hydrogen-bond donors (Lipinski definition) is 0. The smallest absolute Gasteiger partial charge is 0.258 e. The van der Waals surface area contributed by atoms with Gasteiger partial charge in [-0.2, -0.15) is 8.42 Å². The summed E-state index contributed by atoms with van der Waals surface area (Å²) in [6.07, 6.45) is 0.900. The topological polar surface area (TPSA) is 90.2 Å². The van der Waals surface area contributed by atoms with Crippen LogP contribution in [0, 0.1) is 10.1 Å². The molecule has 1 aromatic rings. The molecular formula is C7H7FN2O4S. The number of rotatable bonds is 4. The van der Waals surface area contributed by atoms with Gasteiger partial charge in [-0.15, -0.1) is 3.89 Å². The Labute approximate surface area is 85.1 Å². The van der Waals surface area contributed by atoms with E-state index < -0.39 is 20.9 Å². The second kappa shape index (κ2) is 4.30. The van der Waals surface area contributed by atoms with Gasteiger partial charge in [0.25, 0.3) is 5.69 Å². The normalized spacial score (nSPS) is 11.3. The van der Waals surface area contributed by atoms with Gasteiger partial charge in [0.15, 0.2) is 0 Å². The Bertz CT molecular complexity index is 456. The lowest BCUT2D eigenvalue weighted by Crippen LogP contribution is -2.03. The lowest BCUT2D eigenvalue weighted by molar-refractivity contribution is -0.385. The van der Waals surface area contributed by atoms with E-state index in [1.807, 2.05) is 0 Å². The van der Waals surface area contributed by atoms with E-state index in [2.05, 4.69) is 4.98 Å². The Hall–Kier alpha value is -1.57. The third kappa shape index (κ3) is 3.98. The summed E-state index contributed by atoms with van der Waals surface area (Å²) in [5.41, 5.74) is 0.101. The summed E-state index contributed by atoms with van der Waals surface area (Å²) in [5.74, 6) is -0.669. The van der Waals surface area contributed by atoms with Gasteiger partial charge in [0.05, 0.1) is 10.7 Å². The van der Waals surface area contributed by atoms with Crippen molar-refractivity contribution in [3.05, 3.63) is 34.1 Å². The standard InChI is InChI=1S/C7H7FN2O4S/c8-15(13,14)4-3-6-1-2-7(5-9-6)10(11)12/h1-2,5H,3-4H2.